The number of aryl methyl sites for hydroxylation is 1. The van der Waals surface area contributed by atoms with Crippen LogP contribution in [0.15, 0.2) is 30.3 Å². The molecule has 0 saturated carbocycles. The van der Waals surface area contributed by atoms with Crippen LogP contribution in [0.3, 0.4) is 0 Å². The zero-order valence-electron chi connectivity index (χ0n) is 10.7. The standard InChI is InChI=1S/C9H10O2.C2H7N.C2H6/c10-9(11)7-6-8-4-2-1-3-5-8;1-3-2;1-2/h1-5H,6-7H2,(H,10,11);3H,1-2H3;1-2H3. The SMILES string of the molecule is CC.CNC.O=C(O)CCc1ccccc1. The molecule has 0 unspecified atom stereocenters. The highest BCUT2D eigenvalue weighted by Gasteiger charge is 1.96. The first-order valence-electron chi connectivity index (χ1n) is 5.55. The van der Waals surface area contributed by atoms with Gasteiger partial charge in [-0.25, -0.2) is 0 Å². The molecule has 16 heavy (non-hydrogen) atoms. The van der Waals surface area contributed by atoms with E-state index in [2.05, 4.69) is 5.32 Å². The average Bonchev–Trinajstić information content (AvgIpc) is 2.31. The normalized spacial score (nSPS) is 8.00. The number of benzene rings is 1. The maximum atomic E-state index is 10.2. The molecule has 0 saturated heterocycles. The summed E-state index contributed by atoms with van der Waals surface area (Å²) in [4.78, 5) is 10.2. The predicted molar refractivity (Wildman–Crippen MR) is 68.7 cm³/mol. The lowest BCUT2D eigenvalue weighted by Gasteiger charge is -1.95. The second-order valence-electron chi connectivity index (χ2n) is 2.88. The van der Waals surface area contributed by atoms with Crippen molar-refractivity contribution in [3.05, 3.63) is 35.9 Å². The molecule has 3 heteroatoms. The van der Waals surface area contributed by atoms with Crippen LogP contribution in [0.5, 0.6) is 0 Å². The lowest BCUT2D eigenvalue weighted by molar-refractivity contribution is -0.136. The van der Waals surface area contributed by atoms with Crippen LogP contribution in [0.1, 0.15) is 25.8 Å². The molecule has 2 N–H and O–H groups in total. The van der Waals surface area contributed by atoms with Crippen LogP contribution in [-0.2, 0) is 11.2 Å². The van der Waals surface area contributed by atoms with Gasteiger partial charge in [-0.2, -0.15) is 0 Å². The Morgan fingerprint density at radius 1 is 1.19 bits per heavy atom. The summed E-state index contributed by atoms with van der Waals surface area (Å²) in [5, 5.41) is 11.1. The summed E-state index contributed by atoms with van der Waals surface area (Å²) >= 11 is 0. The maximum absolute atomic E-state index is 10.2. The molecule has 0 amide bonds. The van der Waals surface area contributed by atoms with Crippen LogP contribution >= 0.6 is 0 Å². The van der Waals surface area contributed by atoms with E-state index in [1.54, 1.807) is 0 Å². The fourth-order valence-electron chi connectivity index (χ4n) is 0.896. The minimum Gasteiger partial charge on any atom is -0.481 e. The molecule has 0 spiro atoms. The Hall–Kier alpha value is -1.35. The molecular formula is C13H23NO2. The summed E-state index contributed by atoms with van der Waals surface area (Å²) in [5.41, 5.74) is 1.08. The van der Waals surface area contributed by atoms with Gasteiger partial charge in [0.2, 0.25) is 0 Å². The second-order valence-corrected chi connectivity index (χ2v) is 2.88. The van der Waals surface area contributed by atoms with Crippen molar-refractivity contribution in [1.29, 1.82) is 0 Å². The van der Waals surface area contributed by atoms with Crippen LogP contribution in [0, 0.1) is 0 Å². The number of hydrogen-bond donors (Lipinski definition) is 2. The third kappa shape index (κ3) is 12.7. The van der Waals surface area contributed by atoms with Gasteiger partial charge in [0.05, 0.1) is 0 Å². The lowest BCUT2D eigenvalue weighted by Crippen LogP contribution is -1.96. The van der Waals surface area contributed by atoms with Crippen LogP contribution in [0.2, 0.25) is 0 Å². The average molecular weight is 225 g/mol. The summed E-state index contributed by atoms with van der Waals surface area (Å²) in [6.07, 6.45) is 0.834. The van der Waals surface area contributed by atoms with Gasteiger partial charge in [-0.1, -0.05) is 44.2 Å². The molecule has 3 nitrogen and oxygen atoms in total. The van der Waals surface area contributed by atoms with E-state index < -0.39 is 5.97 Å². The van der Waals surface area contributed by atoms with E-state index in [4.69, 9.17) is 5.11 Å². The number of carboxylic acids is 1. The van der Waals surface area contributed by atoms with Gasteiger partial charge >= 0.3 is 5.97 Å². The molecule has 0 aliphatic heterocycles. The Bertz CT molecular complexity index is 247. The molecule has 1 aromatic carbocycles. The first kappa shape index (κ1) is 17.1. The zero-order chi connectivity index (χ0) is 12.8. The lowest BCUT2D eigenvalue weighted by atomic mass is 10.1. The zero-order valence-corrected chi connectivity index (χ0v) is 10.7. The van der Waals surface area contributed by atoms with E-state index in [1.165, 1.54) is 0 Å². The molecule has 0 aliphatic carbocycles. The Morgan fingerprint density at radius 2 is 1.62 bits per heavy atom. The maximum Gasteiger partial charge on any atom is 0.303 e. The summed E-state index contributed by atoms with van der Waals surface area (Å²) < 4.78 is 0. The van der Waals surface area contributed by atoms with Crippen molar-refractivity contribution in [3.8, 4) is 0 Å². The van der Waals surface area contributed by atoms with E-state index in [9.17, 15) is 4.79 Å². The van der Waals surface area contributed by atoms with Crippen molar-refractivity contribution in [2.45, 2.75) is 26.7 Å². The van der Waals surface area contributed by atoms with Gasteiger partial charge in [0.1, 0.15) is 0 Å². The van der Waals surface area contributed by atoms with Crippen molar-refractivity contribution in [2.75, 3.05) is 14.1 Å². The summed E-state index contributed by atoms with van der Waals surface area (Å²) in [6, 6.07) is 9.62. The predicted octanol–water partition coefficient (Wildman–Crippen LogP) is 2.57. The number of carboxylic acid groups (broad SMARTS) is 1. The molecule has 1 rings (SSSR count). The first-order chi connectivity index (χ1) is 7.70. The molecule has 0 fully saturated rings. The minimum absolute atomic E-state index is 0.212. The first-order valence-corrected chi connectivity index (χ1v) is 5.55. The monoisotopic (exact) mass is 225 g/mol. The quantitative estimate of drug-likeness (QED) is 0.831. The van der Waals surface area contributed by atoms with Gasteiger partial charge < -0.3 is 10.4 Å². The van der Waals surface area contributed by atoms with Crippen LogP contribution in [-0.4, -0.2) is 25.2 Å². The number of aliphatic carboxylic acids is 1. The van der Waals surface area contributed by atoms with Crippen molar-refractivity contribution in [2.24, 2.45) is 0 Å². The molecule has 0 radical (unpaired) electrons. The minimum atomic E-state index is -0.742. The molecule has 0 aliphatic rings. The van der Waals surface area contributed by atoms with E-state index in [0.29, 0.717) is 6.42 Å². The Morgan fingerprint density at radius 3 is 2.00 bits per heavy atom. The highest BCUT2D eigenvalue weighted by Crippen LogP contribution is 2.01. The number of rotatable bonds is 3. The van der Waals surface area contributed by atoms with Crippen molar-refractivity contribution >= 4 is 5.97 Å². The molecule has 92 valence electrons. The van der Waals surface area contributed by atoms with Crippen LogP contribution in [0.4, 0.5) is 0 Å². The van der Waals surface area contributed by atoms with Gasteiger partial charge in [0.15, 0.2) is 0 Å². The second kappa shape index (κ2) is 13.7. The van der Waals surface area contributed by atoms with Crippen molar-refractivity contribution in [3.63, 3.8) is 0 Å². The van der Waals surface area contributed by atoms with Gasteiger partial charge in [-0.3, -0.25) is 4.79 Å². The van der Waals surface area contributed by atoms with E-state index in [0.717, 1.165) is 5.56 Å². The van der Waals surface area contributed by atoms with Gasteiger partial charge in [-0.05, 0) is 26.1 Å². The van der Waals surface area contributed by atoms with E-state index >= 15 is 0 Å². The summed E-state index contributed by atoms with van der Waals surface area (Å²) in [6.45, 7) is 4.00. The number of hydrogen-bond acceptors (Lipinski definition) is 2. The highest BCUT2D eigenvalue weighted by atomic mass is 16.4. The molecule has 0 heterocycles. The molecule has 0 bridgehead atoms. The number of nitrogens with one attached hydrogen (secondary N) is 1. The third-order valence-corrected chi connectivity index (χ3v) is 1.47. The molecule has 0 aromatic heterocycles. The fraction of sp³-hybridized carbons (Fsp3) is 0.462. The Kier molecular flexibility index (Phi) is 14.6. The van der Waals surface area contributed by atoms with Crippen molar-refractivity contribution in [1.82, 2.24) is 5.32 Å². The molecular weight excluding hydrogens is 202 g/mol. The Balaban J connectivity index is 0. The molecule has 0 atom stereocenters. The number of carbonyl (C=O) groups is 1. The molecule has 1 aromatic rings. The largest absolute Gasteiger partial charge is 0.481 e. The summed E-state index contributed by atoms with van der Waals surface area (Å²) in [5.74, 6) is -0.742. The van der Waals surface area contributed by atoms with Crippen LogP contribution in [0.25, 0.3) is 0 Å². The van der Waals surface area contributed by atoms with Gasteiger partial charge in [0, 0.05) is 6.42 Å². The summed E-state index contributed by atoms with van der Waals surface area (Å²) in [7, 11) is 3.75. The van der Waals surface area contributed by atoms with Gasteiger partial charge in [0.25, 0.3) is 0 Å². The topological polar surface area (TPSA) is 49.3 Å². The smallest absolute Gasteiger partial charge is 0.303 e. The highest BCUT2D eigenvalue weighted by molar-refractivity contribution is 5.67. The van der Waals surface area contributed by atoms with Gasteiger partial charge in [-0.15, -0.1) is 0 Å². The Labute approximate surface area is 98.5 Å². The third-order valence-electron chi connectivity index (χ3n) is 1.47. The van der Waals surface area contributed by atoms with E-state index in [1.807, 2.05) is 58.3 Å². The van der Waals surface area contributed by atoms with Crippen LogP contribution < -0.4 is 5.32 Å². The van der Waals surface area contributed by atoms with E-state index in [-0.39, 0.29) is 6.42 Å². The van der Waals surface area contributed by atoms with Crippen molar-refractivity contribution < 1.29 is 9.90 Å². The fourth-order valence-corrected chi connectivity index (χ4v) is 0.896.